The third-order valence-corrected chi connectivity index (χ3v) is 4.50. The highest BCUT2D eigenvalue weighted by Gasteiger charge is 2.39. The zero-order chi connectivity index (χ0) is 14.8. The Bertz CT molecular complexity index is 493. The maximum absolute atomic E-state index is 13.1. The van der Waals surface area contributed by atoms with Gasteiger partial charge in [0.2, 0.25) is 0 Å². The van der Waals surface area contributed by atoms with Crippen LogP contribution in [0.4, 0.5) is 4.39 Å². The summed E-state index contributed by atoms with van der Waals surface area (Å²) in [5, 5.41) is 12.7. The molecular weight excluding hydrogens is 277 g/mol. The second kappa shape index (κ2) is 6.14. The summed E-state index contributed by atoms with van der Waals surface area (Å²) < 4.78 is 13.1. The summed E-state index contributed by atoms with van der Waals surface area (Å²) in [5.41, 5.74) is -0.916. The molecule has 1 aromatic rings. The summed E-state index contributed by atoms with van der Waals surface area (Å²) >= 11 is 1.51. The minimum Gasteiger partial charge on any atom is -0.480 e. The minimum atomic E-state index is -0.916. The molecular formula is C15H20FNO2S. The molecule has 0 radical (unpaired) electrons. The third-order valence-electron chi connectivity index (χ3n) is 3.40. The first-order chi connectivity index (χ1) is 9.39. The average Bonchev–Trinajstić information content (AvgIpc) is 3.12. The minimum absolute atomic E-state index is 0.0872. The van der Waals surface area contributed by atoms with Gasteiger partial charge in [-0.1, -0.05) is 13.0 Å². The van der Waals surface area contributed by atoms with Gasteiger partial charge in [0, 0.05) is 16.2 Å². The van der Waals surface area contributed by atoms with E-state index in [-0.39, 0.29) is 11.1 Å². The number of hydrogen-bond donors (Lipinski definition) is 2. The van der Waals surface area contributed by atoms with Gasteiger partial charge >= 0.3 is 5.97 Å². The summed E-state index contributed by atoms with van der Waals surface area (Å²) in [7, 11) is 0. The lowest BCUT2D eigenvalue weighted by Gasteiger charge is -2.29. The van der Waals surface area contributed by atoms with Gasteiger partial charge in [0.05, 0.1) is 0 Å². The Labute approximate surface area is 123 Å². The van der Waals surface area contributed by atoms with E-state index in [2.05, 4.69) is 5.32 Å². The molecule has 5 heteroatoms. The molecule has 1 saturated carbocycles. The van der Waals surface area contributed by atoms with Crippen molar-refractivity contribution in [2.24, 2.45) is 0 Å². The number of carbonyl (C=O) groups is 1. The first-order valence-corrected chi connectivity index (χ1v) is 7.70. The molecule has 3 nitrogen and oxygen atoms in total. The van der Waals surface area contributed by atoms with Gasteiger partial charge in [-0.15, -0.1) is 11.8 Å². The van der Waals surface area contributed by atoms with Gasteiger partial charge in [-0.3, -0.25) is 10.1 Å². The number of aliphatic carboxylic acids is 1. The van der Waals surface area contributed by atoms with E-state index in [1.165, 1.54) is 23.9 Å². The van der Waals surface area contributed by atoms with Gasteiger partial charge in [0.15, 0.2) is 0 Å². The van der Waals surface area contributed by atoms with Crippen molar-refractivity contribution in [1.29, 1.82) is 0 Å². The fraction of sp³-hybridized carbons (Fsp3) is 0.533. The lowest BCUT2D eigenvalue weighted by atomic mass is 9.96. The molecule has 0 aliphatic heterocycles. The number of halogens is 1. The monoisotopic (exact) mass is 297 g/mol. The van der Waals surface area contributed by atoms with Crippen molar-refractivity contribution in [3.05, 3.63) is 30.1 Å². The van der Waals surface area contributed by atoms with E-state index < -0.39 is 11.5 Å². The van der Waals surface area contributed by atoms with E-state index in [0.717, 1.165) is 17.7 Å². The molecule has 2 unspecified atom stereocenters. The van der Waals surface area contributed by atoms with Crippen LogP contribution < -0.4 is 5.32 Å². The fourth-order valence-corrected chi connectivity index (χ4v) is 3.49. The number of hydrogen-bond acceptors (Lipinski definition) is 3. The van der Waals surface area contributed by atoms with Crippen molar-refractivity contribution in [2.45, 2.75) is 54.8 Å². The van der Waals surface area contributed by atoms with Crippen molar-refractivity contribution in [3.63, 3.8) is 0 Å². The standard InChI is InChI=1S/C15H20FNO2S/c1-10(20-13-5-3-4-11(16)8-13)9-15(2,14(18)19)17-12-6-7-12/h3-5,8,10,12,17H,6-7,9H2,1-2H3,(H,18,19). The summed E-state index contributed by atoms with van der Waals surface area (Å²) in [6.45, 7) is 3.71. The first kappa shape index (κ1) is 15.3. The van der Waals surface area contributed by atoms with Crippen LogP contribution in [0.3, 0.4) is 0 Å². The number of carboxylic acids is 1. The van der Waals surface area contributed by atoms with E-state index >= 15 is 0 Å². The second-order valence-electron chi connectivity index (χ2n) is 5.65. The Hall–Kier alpha value is -1.07. The normalized spacial score (nSPS) is 19.4. The lowest BCUT2D eigenvalue weighted by molar-refractivity contribution is -0.144. The fourth-order valence-electron chi connectivity index (χ4n) is 2.28. The van der Waals surface area contributed by atoms with Gasteiger partial charge in [0.25, 0.3) is 0 Å². The molecule has 0 bridgehead atoms. The molecule has 0 spiro atoms. The zero-order valence-corrected chi connectivity index (χ0v) is 12.5. The molecule has 0 heterocycles. The predicted molar refractivity (Wildman–Crippen MR) is 78.5 cm³/mol. The van der Waals surface area contributed by atoms with Crippen LogP contribution in [0.5, 0.6) is 0 Å². The highest BCUT2D eigenvalue weighted by Crippen LogP contribution is 2.31. The van der Waals surface area contributed by atoms with Gasteiger partial charge in [0.1, 0.15) is 11.4 Å². The molecule has 1 aliphatic carbocycles. The third kappa shape index (κ3) is 4.21. The zero-order valence-electron chi connectivity index (χ0n) is 11.7. The second-order valence-corrected chi connectivity index (χ2v) is 7.16. The molecule has 1 aromatic carbocycles. The maximum atomic E-state index is 13.1. The Morgan fingerprint density at radius 3 is 2.85 bits per heavy atom. The largest absolute Gasteiger partial charge is 0.480 e. The van der Waals surface area contributed by atoms with E-state index in [1.54, 1.807) is 13.0 Å². The summed E-state index contributed by atoms with van der Waals surface area (Å²) in [5.74, 6) is -1.09. The molecule has 0 aromatic heterocycles. The van der Waals surface area contributed by atoms with Crippen LogP contribution in [-0.4, -0.2) is 27.9 Å². The predicted octanol–water partition coefficient (Wildman–Crippen LogP) is 3.29. The Morgan fingerprint density at radius 1 is 1.60 bits per heavy atom. The molecule has 0 saturated heterocycles. The van der Waals surface area contributed by atoms with E-state index in [4.69, 9.17) is 0 Å². The van der Waals surface area contributed by atoms with E-state index in [0.29, 0.717) is 12.5 Å². The SMILES string of the molecule is CC(CC(C)(NC1CC1)C(=O)O)Sc1cccc(F)c1. The van der Waals surface area contributed by atoms with Gasteiger partial charge in [-0.2, -0.15) is 0 Å². The molecule has 110 valence electrons. The maximum Gasteiger partial charge on any atom is 0.323 e. The van der Waals surface area contributed by atoms with Crippen LogP contribution in [0.1, 0.15) is 33.1 Å². The molecule has 2 N–H and O–H groups in total. The van der Waals surface area contributed by atoms with Crippen LogP contribution in [0.2, 0.25) is 0 Å². The van der Waals surface area contributed by atoms with Gasteiger partial charge < -0.3 is 5.11 Å². The Morgan fingerprint density at radius 2 is 2.30 bits per heavy atom. The first-order valence-electron chi connectivity index (χ1n) is 6.82. The smallest absolute Gasteiger partial charge is 0.323 e. The van der Waals surface area contributed by atoms with Crippen LogP contribution in [0, 0.1) is 5.82 Å². The van der Waals surface area contributed by atoms with Crippen molar-refractivity contribution >= 4 is 17.7 Å². The number of carboxylic acid groups (broad SMARTS) is 1. The quantitative estimate of drug-likeness (QED) is 0.758. The number of rotatable bonds is 7. The highest BCUT2D eigenvalue weighted by molar-refractivity contribution is 7.99. The van der Waals surface area contributed by atoms with Crippen LogP contribution >= 0.6 is 11.8 Å². The van der Waals surface area contributed by atoms with Gasteiger partial charge in [-0.25, -0.2) is 4.39 Å². The number of thioether (sulfide) groups is 1. The van der Waals surface area contributed by atoms with Crippen LogP contribution in [-0.2, 0) is 4.79 Å². The Kier molecular flexibility index (Phi) is 4.70. The average molecular weight is 297 g/mol. The molecule has 2 rings (SSSR count). The molecule has 1 fully saturated rings. The van der Waals surface area contributed by atoms with E-state index in [9.17, 15) is 14.3 Å². The number of nitrogens with one attached hydrogen (secondary N) is 1. The van der Waals surface area contributed by atoms with Crippen molar-refractivity contribution in [3.8, 4) is 0 Å². The topological polar surface area (TPSA) is 49.3 Å². The Balaban J connectivity index is 1.97. The van der Waals surface area contributed by atoms with Crippen LogP contribution in [0.15, 0.2) is 29.2 Å². The lowest BCUT2D eigenvalue weighted by Crippen LogP contribution is -2.51. The van der Waals surface area contributed by atoms with E-state index in [1.807, 2.05) is 13.0 Å². The van der Waals surface area contributed by atoms with Crippen molar-refractivity contribution in [2.75, 3.05) is 0 Å². The van der Waals surface area contributed by atoms with Crippen molar-refractivity contribution in [1.82, 2.24) is 5.32 Å². The molecule has 1 aliphatic rings. The molecule has 2 atom stereocenters. The van der Waals surface area contributed by atoms with Gasteiger partial charge in [-0.05, 0) is 44.4 Å². The summed E-state index contributed by atoms with van der Waals surface area (Å²) in [4.78, 5) is 12.3. The molecule has 0 amide bonds. The van der Waals surface area contributed by atoms with Crippen LogP contribution in [0.25, 0.3) is 0 Å². The van der Waals surface area contributed by atoms with Crippen molar-refractivity contribution < 1.29 is 14.3 Å². The summed E-state index contributed by atoms with van der Waals surface area (Å²) in [6.07, 6.45) is 2.60. The molecule has 20 heavy (non-hydrogen) atoms. The summed E-state index contributed by atoms with van der Waals surface area (Å²) in [6, 6.07) is 6.74. The highest BCUT2D eigenvalue weighted by atomic mass is 32.2. The number of benzene rings is 1.